The Labute approximate surface area is 110 Å². The van der Waals surface area contributed by atoms with E-state index in [1.807, 2.05) is 0 Å². The summed E-state index contributed by atoms with van der Waals surface area (Å²) in [6.45, 7) is 0.477. The molecule has 0 spiro atoms. The lowest BCUT2D eigenvalue weighted by molar-refractivity contribution is -0.384. The highest BCUT2D eigenvalue weighted by Gasteiger charge is 2.15. The Morgan fingerprint density at radius 2 is 2.33 bits per heavy atom. The molecule has 2 N–H and O–H groups in total. The molecule has 0 saturated heterocycles. The molecular weight excluding hydrogens is 304 g/mol. The van der Waals surface area contributed by atoms with Crippen molar-refractivity contribution >= 4 is 27.4 Å². The first-order valence-electron chi connectivity index (χ1n) is 5.05. The molecule has 0 aliphatic rings. The Morgan fingerprint density at radius 1 is 1.50 bits per heavy atom. The third-order valence-electron chi connectivity index (χ3n) is 2.15. The van der Waals surface area contributed by atoms with Crippen LogP contribution in [0.1, 0.15) is 5.82 Å². The fraction of sp³-hybridized carbons (Fsp3) is 0.222. The largest absolute Gasteiger partial charge is 0.364 e. The third kappa shape index (κ3) is 3.00. The Kier molecular flexibility index (Phi) is 3.82. The molecule has 0 unspecified atom stereocenters. The predicted molar refractivity (Wildman–Crippen MR) is 67.2 cm³/mol. The number of nitro groups is 1. The Bertz CT molecular complexity index is 544. The fourth-order valence-electron chi connectivity index (χ4n) is 1.35. The van der Waals surface area contributed by atoms with E-state index in [1.54, 1.807) is 0 Å². The second-order valence-electron chi connectivity index (χ2n) is 3.39. The molecule has 9 heteroatoms. The first-order chi connectivity index (χ1) is 8.66. The highest BCUT2D eigenvalue weighted by atomic mass is 79.9. The van der Waals surface area contributed by atoms with Crippen LogP contribution in [0.3, 0.4) is 0 Å². The summed E-state index contributed by atoms with van der Waals surface area (Å²) in [6, 6.07) is 1.41. The van der Waals surface area contributed by atoms with Crippen LogP contribution in [0.25, 0.3) is 0 Å². The van der Waals surface area contributed by atoms with Gasteiger partial charge in [-0.3, -0.25) is 15.2 Å². The molecule has 2 aromatic heterocycles. The third-order valence-corrected chi connectivity index (χ3v) is 2.58. The van der Waals surface area contributed by atoms with Crippen molar-refractivity contribution in [3.8, 4) is 0 Å². The van der Waals surface area contributed by atoms with E-state index >= 15 is 0 Å². The van der Waals surface area contributed by atoms with E-state index in [1.165, 1.54) is 18.6 Å². The zero-order valence-electron chi connectivity index (χ0n) is 9.13. The minimum atomic E-state index is -0.478. The van der Waals surface area contributed by atoms with Crippen molar-refractivity contribution in [1.29, 1.82) is 0 Å². The number of anilines is 1. The van der Waals surface area contributed by atoms with E-state index in [2.05, 4.69) is 41.4 Å². The summed E-state index contributed by atoms with van der Waals surface area (Å²) in [4.78, 5) is 18.3. The Morgan fingerprint density at radius 3 is 3.00 bits per heavy atom. The summed E-state index contributed by atoms with van der Waals surface area (Å²) in [6.07, 6.45) is 3.49. The molecule has 0 aromatic carbocycles. The number of halogens is 1. The molecule has 0 amide bonds. The lowest BCUT2D eigenvalue weighted by Gasteiger charge is -2.04. The van der Waals surface area contributed by atoms with Gasteiger partial charge in [-0.2, -0.15) is 5.10 Å². The number of hydrogen-bond acceptors (Lipinski definition) is 6. The minimum absolute atomic E-state index is 0.0676. The van der Waals surface area contributed by atoms with E-state index < -0.39 is 4.92 Å². The van der Waals surface area contributed by atoms with Crippen LogP contribution in [0, 0.1) is 10.1 Å². The second-order valence-corrected chi connectivity index (χ2v) is 4.30. The van der Waals surface area contributed by atoms with Gasteiger partial charge in [-0.05, 0) is 15.9 Å². The van der Waals surface area contributed by atoms with Gasteiger partial charge in [-0.1, -0.05) is 0 Å². The van der Waals surface area contributed by atoms with E-state index in [4.69, 9.17) is 0 Å². The molecule has 94 valence electrons. The van der Waals surface area contributed by atoms with Crippen molar-refractivity contribution in [2.24, 2.45) is 0 Å². The van der Waals surface area contributed by atoms with Crippen LogP contribution < -0.4 is 5.32 Å². The topological polar surface area (TPSA) is 110 Å². The molecule has 2 rings (SSSR count). The monoisotopic (exact) mass is 312 g/mol. The standard InChI is InChI=1S/C9H9BrN6O2/c10-6-3-7(16(17)18)9(12-4-6)11-2-1-8-13-5-14-15-8/h3-5H,1-2H2,(H,11,12)(H,13,14,15). The van der Waals surface area contributed by atoms with Gasteiger partial charge in [0.1, 0.15) is 12.2 Å². The molecular formula is C9H9BrN6O2. The first-order valence-corrected chi connectivity index (χ1v) is 5.84. The molecule has 0 bridgehead atoms. The fourth-order valence-corrected chi connectivity index (χ4v) is 1.67. The number of nitrogens with one attached hydrogen (secondary N) is 2. The summed E-state index contributed by atoms with van der Waals surface area (Å²) < 4.78 is 0.565. The van der Waals surface area contributed by atoms with Crippen molar-refractivity contribution in [3.05, 3.63) is 39.0 Å². The summed E-state index contributed by atoms with van der Waals surface area (Å²) in [7, 11) is 0. The smallest absolute Gasteiger partial charge is 0.312 e. The summed E-state index contributed by atoms with van der Waals surface area (Å²) in [5.41, 5.74) is -0.0676. The van der Waals surface area contributed by atoms with E-state index in [0.29, 0.717) is 23.3 Å². The normalized spacial score (nSPS) is 10.3. The summed E-state index contributed by atoms with van der Waals surface area (Å²) >= 11 is 3.15. The van der Waals surface area contributed by atoms with Crippen molar-refractivity contribution in [2.45, 2.75) is 6.42 Å². The van der Waals surface area contributed by atoms with Crippen LogP contribution >= 0.6 is 15.9 Å². The molecule has 2 heterocycles. The van der Waals surface area contributed by atoms with Crippen LogP contribution in [0.2, 0.25) is 0 Å². The van der Waals surface area contributed by atoms with Gasteiger partial charge in [0.2, 0.25) is 5.82 Å². The minimum Gasteiger partial charge on any atom is -0.364 e. The predicted octanol–water partition coefficient (Wildman–Crippen LogP) is 1.52. The van der Waals surface area contributed by atoms with Crippen molar-refractivity contribution in [2.75, 3.05) is 11.9 Å². The van der Waals surface area contributed by atoms with Gasteiger partial charge < -0.3 is 5.32 Å². The van der Waals surface area contributed by atoms with Gasteiger partial charge in [-0.15, -0.1) is 0 Å². The number of rotatable bonds is 5. The number of aromatic nitrogens is 4. The average molecular weight is 313 g/mol. The number of H-pyrrole nitrogens is 1. The first kappa shape index (κ1) is 12.4. The maximum atomic E-state index is 10.8. The molecule has 0 aliphatic carbocycles. The number of nitrogens with zero attached hydrogens (tertiary/aromatic N) is 4. The van der Waals surface area contributed by atoms with Gasteiger partial charge >= 0.3 is 5.69 Å². The second kappa shape index (κ2) is 5.54. The lowest BCUT2D eigenvalue weighted by atomic mass is 10.3. The van der Waals surface area contributed by atoms with Crippen LogP contribution in [0.5, 0.6) is 0 Å². The highest BCUT2D eigenvalue weighted by molar-refractivity contribution is 9.10. The molecule has 0 aliphatic heterocycles. The maximum absolute atomic E-state index is 10.8. The zero-order chi connectivity index (χ0) is 13.0. The SMILES string of the molecule is O=[N+]([O-])c1cc(Br)cnc1NCCc1ncn[nH]1. The number of pyridine rings is 1. The molecule has 0 saturated carbocycles. The highest BCUT2D eigenvalue weighted by Crippen LogP contribution is 2.24. The molecule has 0 atom stereocenters. The summed E-state index contributed by atoms with van der Waals surface area (Å²) in [5.74, 6) is 0.949. The number of aromatic amines is 1. The van der Waals surface area contributed by atoms with Gasteiger partial charge in [0.25, 0.3) is 0 Å². The molecule has 18 heavy (non-hydrogen) atoms. The number of hydrogen-bond donors (Lipinski definition) is 2. The Balaban J connectivity index is 2.02. The van der Waals surface area contributed by atoms with Crippen LogP contribution in [-0.4, -0.2) is 31.6 Å². The molecule has 0 radical (unpaired) electrons. The van der Waals surface area contributed by atoms with Crippen LogP contribution in [0.15, 0.2) is 23.1 Å². The summed E-state index contributed by atoms with van der Waals surface area (Å²) in [5, 5.41) is 20.2. The average Bonchev–Trinajstić information content (AvgIpc) is 2.84. The molecule has 0 fully saturated rings. The van der Waals surface area contributed by atoms with Gasteiger partial charge in [0, 0.05) is 29.7 Å². The lowest BCUT2D eigenvalue weighted by Crippen LogP contribution is -2.09. The van der Waals surface area contributed by atoms with Crippen LogP contribution in [0.4, 0.5) is 11.5 Å². The van der Waals surface area contributed by atoms with Crippen LogP contribution in [-0.2, 0) is 6.42 Å². The Hall–Kier alpha value is -2.03. The van der Waals surface area contributed by atoms with Crippen molar-refractivity contribution < 1.29 is 4.92 Å². The maximum Gasteiger partial charge on any atom is 0.312 e. The molecule has 8 nitrogen and oxygen atoms in total. The van der Waals surface area contributed by atoms with Gasteiger partial charge in [-0.25, -0.2) is 9.97 Å². The van der Waals surface area contributed by atoms with Crippen molar-refractivity contribution in [1.82, 2.24) is 20.2 Å². The quantitative estimate of drug-likeness (QED) is 0.640. The van der Waals surface area contributed by atoms with E-state index in [9.17, 15) is 10.1 Å². The van der Waals surface area contributed by atoms with Gasteiger partial charge in [0.15, 0.2) is 0 Å². The zero-order valence-corrected chi connectivity index (χ0v) is 10.7. The van der Waals surface area contributed by atoms with E-state index in [-0.39, 0.29) is 11.5 Å². The van der Waals surface area contributed by atoms with Crippen molar-refractivity contribution in [3.63, 3.8) is 0 Å². The molecule has 2 aromatic rings. The van der Waals surface area contributed by atoms with E-state index in [0.717, 1.165) is 0 Å². The van der Waals surface area contributed by atoms with Gasteiger partial charge in [0.05, 0.1) is 4.92 Å².